The number of rotatable bonds is 0. The third-order valence-corrected chi connectivity index (χ3v) is 1.09. The van der Waals surface area contributed by atoms with Crippen LogP contribution in [0.2, 0.25) is 5.02 Å². The summed E-state index contributed by atoms with van der Waals surface area (Å²) in [6.07, 6.45) is 1.69. The third kappa shape index (κ3) is 1.24. The first-order chi connectivity index (χ1) is 3.79. The summed E-state index contributed by atoms with van der Waals surface area (Å²) in [5.41, 5.74) is 0.956. The number of nitrogens with zero attached hydrogens (tertiary/aromatic N) is 1. The van der Waals surface area contributed by atoms with E-state index in [1.165, 1.54) is 0 Å². The molecule has 0 amide bonds. The van der Waals surface area contributed by atoms with Crippen LogP contribution in [0.4, 0.5) is 0 Å². The molecule has 8 heavy (non-hydrogen) atoms. The van der Waals surface area contributed by atoms with Crippen molar-refractivity contribution in [3.8, 4) is 0 Å². The molecule has 1 heterocycles. The number of hydrogen-bond donors (Lipinski definition) is 0. The highest BCUT2D eigenvalue weighted by Crippen LogP contribution is 2.00. The highest BCUT2D eigenvalue weighted by molar-refractivity contribution is 6.35. The maximum atomic E-state index is 5.60. The van der Waals surface area contributed by atoms with Gasteiger partial charge >= 0.3 is 0 Å². The molecule has 0 saturated carbocycles. The Balaban J connectivity index is 3.08. The Hall–Kier alpha value is -0.495. The second-order valence-corrected chi connectivity index (χ2v) is 2.05. The maximum Gasteiger partial charge on any atom is 0.163 e. The average molecular weight is 125 g/mol. The monoisotopic (exact) mass is 125 g/mol. The highest BCUT2D eigenvalue weighted by atomic mass is 35.5. The molecular formula is C5H5BClN. The Morgan fingerprint density at radius 3 is 2.75 bits per heavy atom. The summed E-state index contributed by atoms with van der Waals surface area (Å²) in [4.78, 5) is 3.96. The van der Waals surface area contributed by atoms with Crippen LogP contribution in [0.25, 0.3) is 0 Å². The van der Waals surface area contributed by atoms with Crippen LogP contribution in [-0.2, 0) is 0 Å². The van der Waals surface area contributed by atoms with Crippen molar-refractivity contribution < 1.29 is 0 Å². The molecule has 0 atom stereocenters. The topological polar surface area (TPSA) is 12.9 Å². The smallest absolute Gasteiger partial charge is 0.163 e. The van der Waals surface area contributed by atoms with Gasteiger partial charge in [-0.3, -0.25) is 4.98 Å². The van der Waals surface area contributed by atoms with Crippen LogP contribution in [0.15, 0.2) is 18.3 Å². The largest absolute Gasteiger partial charge is 0.272 e. The first-order valence-electron chi connectivity index (χ1n) is 2.37. The molecule has 0 aliphatic rings. The quantitative estimate of drug-likeness (QED) is 0.445. The molecule has 3 heteroatoms. The van der Waals surface area contributed by atoms with Gasteiger partial charge in [0.1, 0.15) is 0 Å². The van der Waals surface area contributed by atoms with Gasteiger partial charge in [0.25, 0.3) is 0 Å². The Morgan fingerprint density at radius 2 is 2.38 bits per heavy atom. The summed E-state index contributed by atoms with van der Waals surface area (Å²) in [6.45, 7) is 0. The first kappa shape index (κ1) is 5.64. The van der Waals surface area contributed by atoms with Gasteiger partial charge in [0.05, 0.1) is 0 Å². The van der Waals surface area contributed by atoms with Crippen molar-refractivity contribution in [2.45, 2.75) is 0 Å². The SMILES string of the molecule is Bc1cc(Cl)ccn1. The summed E-state index contributed by atoms with van der Waals surface area (Å²) in [5.74, 6) is 0. The van der Waals surface area contributed by atoms with E-state index in [1.807, 2.05) is 13.9 Å². The molecule has 1 nitrogen and oxygen atoms in total. The number of aromatic nitrogens is 1. The van der Waals surface area contributed by atoms with E-state index in [9.17, 15) is 0 Å². The van der Waals surface area contributed by atoms with Crippen LogP contribution in [0.5, 0.6) is 0 Å². The van der Waals surface area contributed by atoms with Gasteiger partial charge in [-0.25, -0.2) is 0 Å². The lowest BCUT2D eigenvalue weighted by Gasteiger charge is -1.88. The molecule has 0 aliphatic heterocycles. The first-order valence-corrected chi connectivity index (χ1v) is 2.75. The minimum absolute atomic E-state index is 0.748. The maximum absolute atomic E-state index is 5.60. The molecule has 0 unspecified atom stereocenters. The van der Waals surface area contributed by atoms with Crippen LogP contribution in [0.1, 0.15) is 0 Å². The fourth-order valence-electron chi connectivity index (χ4n) is 0.511. The Bertz CT molecular complexity index is 172. The van der Waals surface area contributed by atoms with Crippen molar-refractivity contribution in [3.05, 3.63) is 23.4 Å². The molecule has 1 rings (SSSR count). The zero-order valence-electron chi connectivity index (χ0n) is 4.56. The summed E-state index contributed by atoms with van der Waals surface area (Å²) in [6, 6.07) is 3.58. The second-order valence-electron chi connectivity index (χ2n) is 1.62. The van der Waals surface area contributed by atoms with Crippen LogP contribution in [0, 0.1) is 0 Å². The minimum atomic E-state index is 0.748. The van der Waals surface area contributed by atoms with Crippen LogP contribution in [-0.4, -0.2) is 12.8 Å². The van der Waals surface area contributed by atoms with Crippen molar-refractivity contribution in [1.29, 1.82) is 0 Å². The molecule has 1 aromatic heterocycles. The zero-order chi connectivity index (χ0) is 5.98. The van der Waals surface area contributed by atoms with Crippen LogP contribution in [0.3, 0.4) is 0 Å². The lowest BCUT2D eigenvalue weighted by atomic mass is 10.0. The summed E-state index contributed by atoms with van der Waals surface area (Å²) in [5, 5.41) is 0.748. The molecular weight excluding hydrogens is 120 g/mol. The van der Waals surface area contributed by atoms with Crippen molar-refractivity contribution in [2.24, 2.45) is 0 Å². The van der Waals surface area contributed by atoms with Gasteiger partial charge in [0.2, 0.25) is 0 Å². The Morgan fingerprint density at radius 1 is 1.62 bits per heavy atom. The molecule has 0 bridgehead atoms. The fourth-order valence-corrected chi connectivity index (χ4v) is 0.725. The van der Waals surface area contributed by atoms with Gasteiger partial charge < -0.3 is 0 Å². The van der Waals surface area contributed by atoms with Gasteiger partial charge in [-0.2, -0.15) is 0 Å². The highest BCUT2D eigenvalue weighted by Gasteiger charge is 1.84. The molecule has 0 aliphatic carbocycles. The molecule has 0 fully saturated rings. The Kier molecular flexibility index (Phi) is 1.54. The third-order valence-electron chi connectivity index (χ3n) is 0.859. The number of hydrogen-bond acceptors (Lipinski definition) is 1. The molecule has 0 aromatic carbocycles. The summed E-state index contributed by atoms with van der Waals surface area (Å²) in [7, 11) is 1.91. The normalized spacial score (nSPS) is 9.12. The summed E-state index contributed by atoms with van der Waals surface area (Å²) < 4.78 is 0. The van der Waals surface area contributed by atoms with Gasteiger partial charge in [0, 0.05) is 11.2 Å². The lowest BCUT2D eigenvalue weighted by Crippen LogP contribution is -2.05. The van der Waals surface area contributed by atoms with Crippen molar-refractivity contribution >= 4 is 25.0 Å². The zero-order valence-corrected chi connectivity index (χ0v) is 5.31. The van der Waals surface area contributed by atoms with E-state index in [2.05, 4.69) is 4.98 Å². The van der Waals surface area contributed by atoms with Crippen LogP contribution < -0.4 is 5.59 Å². The molecule has 0 radical (unpaired) electrons. The molecule has 1 aromatic rings. The van der Waals surface area contributed by atoms with E-state index in [1.54, 1.807) is 12.3 Å². The second kappa shape index (κ2) is 2.18. The summed E-state index contributed by atoms with van der Waals surface area (Å²) >= 11 is 5.60. The van der Waals surface area contributed by atoms with Crippen molar-refractivity contribution in [3.63, 3.8) is 0 Å². The molecule has 40 valence electrons. The molecule has 0 spiro atoms. The van der Waals surface area contributed by atoms with E-state index in [-0.39, 0.29) is 0 Å². The van der Waals surface area contributed by atoms with E-state index < -0.39 is 0 Å². The standard InChI is InChI=1S/C5H5BClN/c6-5-3-4(7)1-2-8-5/h1-3H,6H2. The lowest BCUT2D eigenvalue weighted by molar-refractivity contribution is 1.39. The Labute approximate surface area is 54.1 Å². The van der Waals surface area contributed by atoms with Gasteiger partial charge in [-0.1, -0.05) is 11.6 Å². The van der Waals surface area contributed by atoms with E-state index in [4.69, 9.17) is 11.6 Å². The van der Waals surface area contributed by atoms with Gasteiger partial charge in [-0.05, 0) is 17.7 Å². The van der Waals surface area contributed by atoms with E-state index in [0.717, 1.165) is 10.6 Å². The predicted octanol–water partition coefficient (Wildman–Crippen LogP) is -0.00660. The number of pyridine rings is 1. The molecule has 0 N–H and O–H groups in total. The van der Waals surface area contributed by atoms with E-state index in [0.29, 0.717) is 0 Å². The minimum Gasteiger partial charge on any atom is -0.272 e. The average Bonchev–Trinajstić information content (AvgIpc) is 1.64. The van der Waals surface area contributed by atoms with Gasteiger partial charge in [-0.15, -0.1) is 0 Å². The number of halogens is 1. The molecule has 0 saturated heterocycles. The fraction of sp³-hybridized carbons (Fsp3) is 0. The van der Waals surface area contributed by atoms with E-state index >= 15 is 0 Å². The van der Waals surface area contributed by atoms with Crippen molar-refractivity contribution in [2.75, 3.05) is 0 Å². The van der Waals surface area contributed by atoms with Crippen LogP contribution >= 0.6 is 11.6 Å². The van der Waals surface area contributed by atoms with Crippen molar-refractivity contribution in [1.82, 2.24) is 4.98 Å². The van der Waals surface area contributed by atoms with Gasteiger partial charge in [0.15, 0.2) is 7.85 Å². The predicted molar refractivity (Wildman–Crippen MR) is 37.4 cm³/mol.